The van der Waals surface area contributed by atoms with Crippen molar-refractivity contribution < 1.29 is 9.53 Å². The Bertz CT molecular complexity index is 766. The number of carbonyl (C=O) groups is 1. The van der Waals surface area contributed by atoms with Gasteiger partial charge in [-0.05, 0) is 61.2 Å². The molecule has 0 spiro atoms. The van der Waals surface area contributed by atoms with Crippen LogP contribution < -0.4 is 10.1 Å². The molecule has 144 valence electrons. The molecular weight excluding hydrogens is 338 g/mol. The summed E-state index contributed by atoms with van der Waals surface area (Å²) in [4.78, 5) is 16.8. The predicted molar refractivity (Wildman–Crippen MR) is 110 cm³/mol. The van der Waals surface area contributed by atoms with Crippen LogP contribution in [0.5, 0.6) is 5.75 Å². The van der Waals surface area contributed by atoms with E-state index in [1.807, 2.05) is 35.2 Å². The monoisotopic (exact) mass is 367 g/mol. The van der Waals surface area contributed by atoms with Gasteiger partial charge in [-0.3, -0.25) is 4.90 Å². The third-order valence-electron chi connectivity index (χ3n) is 5.29. The normalized spacial score (nSPS) is 14.9. The lowest BCUT2D eigenvalue weighted by molar-refractivity contribution is 0.148. The van der Waals surface area contributed by atoms with Crippen molar-refractivity contribution in [2.45, 2.75) is 20.3 Å². The summed E-state index contributed by atoms with van der Waals surface area (Å²) in [6, 6.07) is 14.3. The summed E-state index contributed by atoms with van der Waals surface area (Å²) in [5, 5.41) is 3.02. The number of ether oxygens (including phenoxy) is 1. The lowest BCUT2D eigenvalue weighted by atomic mass is 10.1. The van der Waals surface area contributed by atoms with Crippen molar-refractivity contribution in [3.8, 4) is 5.75 Å². The Kier molecular flexibility index (Phi) is 6.35. The maximum atomic E-state index is 12.5. The fourth-order valence-electron chi connectivity index (χ4n) is 3.28. The highest BCUT2D eigenvalue weighted by atomic mass is 16.5. The van der Waals surface area contributed by atoms with Crippen molar-refractivity contribution in [3.63, 3.8) is 0 Å². The van der Waals surface area contributed by atoms with Crippen LogP contribution in [-0.2, 0) is 6.42 Å². The molecule has 2 aromatic rings. The second-order valence-corrected chi connectivity index (χ2v) is 7.16. The highest BCUT2D eigenvalue weighted by Gasteiger charge is 2.21. The molecule has 0 aromatic heterocycles. The fourth-order valence-corrected chi connectivity index (χ4v) is 3.28. The fraction of sp³-hybridized carbons (Fsp3) is 0.409. The molecule has 0 atom stereocenters. The van der Waals surface area contributed by atoms with Crippen LogP contribution in [0.4, 0.5) is 10.5 Å². The summed E-state index contributed by atoms with van der Waals surface area (Å²) in [6.07, 6.45) is 1.01. The molecule has 2 amide bonds. The van der Waals surface area contributed by atoms with Gasteiger partial charge < -0.3 is 15.0 Å². The third kappa shape index (κ3) is 5.23. The molecule has 5 nitrogen and oxygen atoms in total. The average Bonchev–Trinajstić information content (AvgIpc) is 2.70. The van der Waals surface area contributed by atoms with Gasteiger partial charge in [0.05, 0.1) is 7.11 Å². The van der Waals surface area contributed by atoms with Gasteiger partial charge in [-0.15, -0.1) is 0 Å². The number of nitrogens with one attached hydrogen (secondary N) is 1. The zero-order chi connectivity index (χ0) is 19.2. The average molecular weight is 367 g/mol. The van der Waals surface area contributed by atoms with Gasteiger partial charge in [-0.25, -0.2) is 4.79 Å². The molecule has 1 aliphatic heterocycles. The van der Waals surface area contributed by atoms with E-state index in [0.29, 0.717) is 0 Å². The molecule has 1 heterocycles. The first-order valence-corrected chi connectivity index (χ1v) is 9.53. The van der Waals surface area contributed by atoms with E-state index in [1.54, 1.807) is 7.11 Å². The summed E-state index contributed by atoms with van der Waals surface area (Å²) < 4.78 is 5.20. The highest BCUT2D eigenvalue weighted by Crippen LogP contribution is 2.16. The molecule has 0 bridgehead atoms. The molecule has 5 heteroatoms. The van der Waals surface area contributed by atoms with Crippen molar-refractivity contribution in [3.05, 3.63) is 59.2 Å². The van der Waals surface area contributed by atoms with Crippen molar-refractivity contribution >= 4 is 11.7 Å². The Labute approximate surface area is 161 Å². The summed E-state index contributed by atoms with van der Waals surface area (Å²) in [5.74, 6) is 0.891. The molecule has 2 aromatic carbocycles. The summed E-state index contributed by atoms with van der Waals surface area (Å²) in [6.45, 7) is 8.50. The van der Waals surface area contributed by atoms with Crippen LogP contribution in [0.15, 0.2) is 42.5 Å². The van der Waals surface area contributed by atoms with Gasteiger partial charge in [-0.2, -0.15) is 0 Å². The molecular formula is C22H29N3O2. The predicted octanol–water partition coefficient (Wildman–Crippen LogP) is 3.70. The zero-order valence-electron chi connectivity index (χ0n) is 16.5. The molecule has 3 rings (SSSR count). The van der Waals surface area contributed by atoms with E-state index >= 15 is 0 Å². The molecule has 1 N–H and O–H groups in total. The maximum Gasteiger partial charge on any atom is 0.321 e. The van der Waals surface area contributed by atoms with Gasteiger partial charge in [0.25, 0.3) is 0 Å². The van der Waals surface area contributed by atoms with E-state index in [0.717, 1.165) is 50.6 Å². The Hall–Kier alpha value is -2.53. The minimum Gasteiger partial charge on any atom is -0.497 e. The largest absolute Gasteiger partial charge is 0.497 e. The standard InChI is InChI=1S/C22H29N3O2/c1-17-4-7-20(16-18(17)2)23-22(26)25-14-12-24(13-15-25)11-10-19-5-8-21(27-3)9-6-19/h4-9,16H,10-15H2,1-3H3,(H,23,26). The van der Waals surface area contributed by atoms with Gasteiger partial charge in [0.2, 0.25) is 0 Å². The van der Waals surface area contributed by atoms with Crippen molar-refractivity contribution in [2.24, 2.45) is 0 Å². The third-order valence-corrected chi connectivity index (χ3v) is 5.29. The molecule has 0 aliphatic carbocycles. The lowest BCUT2D eigenvalue weighted by Crippen LogP contribution is -2.50. The zero-order valence-corrected chi connectivity index (χ0v) is 16.5. The van der Waals surface area contributed by atoms with Crippen LogP contribution in [0.2, 0.25) is 0 Å². The SMILES string of the molecule is COc1ccc(CCN2CCN(C(=O)Nc3ccc(C)c(C)c3)CC2)cc1. The number of urea groups is 1. The smallest absolute Gasteiger partial charge is 0.321 e. The number of carbonyl (C=O) groups excluding carboxylic acids is 1. The Morgan fingerprint density at radius 3 is 2.33 bits per heavy atom. The number of hydrogen-bond acceptors (Lipinski definition) is 3. The van der Waals surface area contributed by atoms with E-state index < -0.39 is 0 Å². The minimum absolute atomic E-state index is 0.00643. The van der Waals surface area contributed by atoms with E-state index in [4.69, 9.17) is 4.74 Å². The number of aryl methyl sites for hydroxylation is 2. The molecule has 0 unspecified atom stereocenters. The van der Waals surface area contributed by atoms with Crippen molar-refractivity contribution in [1.29, 1.82) is 0 Å². The van der Waals surface area contributed by atoms with Crippen LogP contribution >= 0.6 is 0 Å². The number of rotatable bonds is 5. The first-order valence-electron chi connectivity index (χ1n) is 9.53. The first-order chi connectivity index (χ1) is 13.0. The van der Waals surface area contributed by atoms with Gasteiger partial charge in [-0.1, -0.05) is 18.2 Å². The van der Waals surface area contributed by atoms with E-state index in [1.165, 1.54) is 16.7 Å². The van der Waals surface area contributed by atoms with Crippen molar-refractivity contribution in [1.82, 2.24) is 9.80 Å². The van der Waals surface area contributed by atoms with E-state index in [-0.39, 0.29) is 6.03 Å². The summed E-state index contributed by atoms with van der Waals surface area (Å²) in [7, 11) is 1.69. The number of methoxy groups -OCH3 is 1. The number of benzene rings is 2. The van der Waals surface area contributed by atoms with Gasteiger partial charge in [0.15, 0.2) is 0 Å². The van der Waals surface area contributed by atoms with E-state index in [2.05, 4.69) is 36.2 Å². The second-order valence-electron chi connectivity index (χ2n) is 7.16. The Balaban J connectivity index is 1.43. The van der Waals surface area contributed by atoms with Crippen LogP contribution in [0.1, 0.15) is 16.7 Å². The number of piperazine rings is 1. The second kappa shape index (κ2) is 8.91. The molecule has 27 heavy (non-hydrogen) atoms. The number of hydrogen-bond donors (Lipinski definition) is 1. The maximum absolute atomic E-state index is 12.5. The van der Waals surface area contributed by atoms with Crippen LogP contribution in [0.3, 0.4) is 0 Å². The Morgan fingerprint density at radius 1 is 1.00 bits per heavy atom. The van der Waals surface area contributed by atoms with Crippen LogP contribution in [-0.4, -0.2) is 55.7 Å². The Morgan fingerprint density at radius 2 is 1.70 bits per heavy atom. The lowest BCUT2D eigenvalue weighted by Gasteiger charge is -2.34. The highest BCUT2D eigenvalue weighted by molar-refractivity contribution is 5.89. The summed E-state index contributed by atoms with van der Waals surface area (Å²) in [5.41, 5.74) is 4.60. The molecule has 1 fully saturated rings. The quantitative estimate of drug-likeness (QED) is 0.876. The van der Waals surface area contributed by atoms with Crippen LogP contribution in [0.25, 0.3) is 0 Å². The molecule has 0 radical (unpaired) electrons. The molecule has 1 saturated heterocycles. The van der Waals surface area contributed by atoms with Crippen molar-refractivity contribution in [2.75, 3.05) is 45.2 Å². The molecule has 0 saturated carbocycles. The first kappa shape index (κ1) is 19.2. The van der Waals surface area contributed by atoms with Gasteiger partial charge in [0.1, 0.15) is 5.75 Å². The topological polar surface area (TPSA) is 44.8 Å². The van der Waals surface area contributed by atoms with E-state index in [9.17, 15) is 4.79 Å². The van der Waals surface area contributed by atoms with Gasteiger partial charge in [0, 0.05) is 38.4 Å². The number of amides is 2. The molecule has 1 aliphatic rings. The summed E-state index contributed by atoms with van der Waals surface area (Å²) >= 11 is 0. The van der Waals surface area contributed by atoms with Crippen LogP contribution in [0, 0.1) is 13.8 Å². The number of nitrogens with zero attached hydrogens (tertiary/aromatic N) is 2. The number of anilines is 1. The van der Waals surface area contributed by atoms with Gasteiger partial charge >= 0.3 is 6.03 Å². The minimum atomic E-state index is -0.00643.